The van der Waals surface area contributed by atoms with Gasteiger partial charge in [-0.25, -0.2) is 0 Å². The van der Waals surface area contributed by atoms with Crippen LogP contribution < -0.4 is 10.6 Å². The molecule has 0 aliphatic carbocycles. The summed E-state index contributed by atoms with van der Waals surface area (Å²) < 4.78 is 0. The van der Waals surface area contributed by atoms with E-state index in [-0.39, 0.29) is 18.2 Å². The number of anilines is 1. The third-order valence-electron chi connectivity index (χ3n) is 4.77. The zero-order valence-corrected chi connectivity index (χ0v) is 17.1. The fourth-order valence-electron chi connectivity index (χ4n) is 3.35. The van der Waals surface area contributed by atoms with Crippen molar-refractivity contribution in [3.05, 3.63) is 45.1 Å². The zero-order valence-electron chi connectivity index (χ0n) is 14.7. The Morgan fingerprint density at radius 3 is 3.15 bits per heavy atom. The van der Waals surface area contributed by atoms with E-state index in [0.29, 0.717) is 17.3 Å². The lowest BCUT2D eigenvalue weighted by atomic mass is 10.1. The number of carbonyl (C=O) groups is 2. The van der Waals surface area contributed by atoms with Gasteiger partial charge in [-0.1, -0.05) is 11.6 Å². The fraction of sp³-hybridized carbons (Fsp3) is 0.368. The van der Waals surface area contributed by atoms with Crippen molar-refractivity contribution in [2.75, 3.05) is 25.0 Å². The maximum Gasteiger partial charge on any atom is 0.238 e. The normalized spacial score (nSPS) is 19.1. The maximum atomic E-state index is 12.3. The number of nitrogens with zero attached hydrogens (tertiary/aromatic N) is 1. The predicted molar refractivity (Wildman–Crippen MR) is 111 cm³/mol. The van der Waals surface area contributed by atoms with Crippen LogP contribution in [0, 0.1) is 0 Å². The Morgan fingerprint density at radius 2 is 2.26 bits per heavy atom. The van der Waals surface area contributed by atoms with Crippen LogP contribution in [0.4, 0.5) is 5.69 Å². The van der Waals surface area contributed by atoms with Gasteiger partial charge in [0.25, 0.3) is 0 Å². The average Bonchev–Trinajstić information content (AvgIpc) is 3.10. The number of carbonyl (C=O) groups excluding carboxylic acids is 2. The third-order valence-corrected chi connectivity index (χ3v) is 7.30. The second-order valence-corrected chi connectivity index (χ2v) is 9.37. The summed E-state index contributed by atoms with van der Waals surface area (Å²) in [4.78, 5) is 29.3. The Hall–Kier alpha value is -1.54. The Balaban J connectivity index is 1.24. The van der Waals surface area contributed by atoms with Gasteiger partial charge in [0.15, 0.2) is 0 Å². The zero-order chi connectivity index (χ0) is 18.8. The van der Waals surface area contributed by atoms with Crippen LogP contribution in [0.1, 0.15) is 16.9 Å². The minimum Gasteiger partial charge on any atom is -0.355 e. The molecule has 1 atom stereocenters. The topological polar surface area (TPSA) is 61.4 Å². The van der Waals surface area contributed by atoms with Gasteiger partial charge < -0.3 is 10.6 Å². The van der Waals surface area contributed by atoms with Crippen molar-refractivity contribution in [1.29, 1.82) is 0 Å². The molecule has 27 heavy (non-hydrogen) atoms. The monoisotopic (exact) mass is 421 g/mol. The number of amides is 2. The minimum absolute atomic E-state index is 0.0895. The largest absolute Gasteiger partial charge is 0.355 e. The number of rotatable bonds is 5. The molecule has 1 unspecified atom stereocenters. The molecule has 8 heteroatoms. The second kappa shape index (κ2) is 8.22. The van der Waals surface area contributed by atoms with Gasteiger partial charge >= 0.3 is 0 Å². The molecule has 3 heterocycles. The van der Waals surface area contributed by atoms with Gasteiger partial charge in [-0.2, -0.15) is 0 Å². The van der Waals surface area contributed by atoms with E-state index < -0.39 is 5.25 Å². The van der Waals surface area contributed by atoms with Gasteiger partial charge in [0.2, 0.25) is 11.8 Å². The van der Waals surface area contributed by atoms with Crippen molar-refractivity contribution in [3.63, 3.8) is 0 Å². The predicted octanol–water partition coefficient (Wildman–Crippen LogP) is 3.38. The van der Waals surface area contributed by atoms with Gasteiger partial charge in [0.05, 0.1) is 10.9 Å². The van der Waals surface area contributed by atoms with Crippen molar-refractivity contribution >= 4 is 52.2 Å². The highest BCUT2D eigenvalue weighted by Crippen LogP contribution is 2.38. The molecule has 2 aliphatic heterocycles. The van der Waals surface area contributed by atoms with E-state index in [1.54, 1.807) is 12.1 Å². The summed E-state index contributed by atoms with van der Waals surface area (Å²) in [6.45, 7) is 3.41. The summed E-state index contributed by atoms with van der Waals surface area (Å²) in [7, 11) is 0. The van der Waals surface area contributed by atoms with Crippen molar-refractivity contribution < 1.29 is 9.59 Å². The summed E-state index contributed by atoms with van der Waals surface area (Å²) in [6, 6.07) is 7.59. The molecule has 2 aromatic rings. The number of benzene rings is 1. The van der Waals surface area contributed by atoms with E-state index in [9.17, 15) is 9.59 Å². The standard InChI is InChI=1S/C19H20ClN3O2S2/c20-13-1-2-16-14(9-13)22-19(25)17(27-16)10-18(24)21-5-7-23-6-3-15-12(11-23)4-8-26-15/h1-2,4,8-9,17H,3,5-7,10-11H2,(H,21,24)(H,22,25). The molecule has 0 fully saturated rings. The number of nitrogens with one attached hydrogen (secondary N) is 2. The lowest BCUT2D eigenvalue weighted by Crippen LogP contribution is -2.39. The van der Waals surface area contributed by atoms with E-state index in [1.807, 2.05) is 17.4 Å². The van der Waals surface area contributed by atoms with Gasteiger partial charge in [0, 0.05) is 47.4 Å². The van der Waals surface area contributed by atoms with Crippen molar-refractivity contribution in [2.24, 2.45) is 0 Å². The van der Waals surface area contributed by atoms with Crippen LogP contribution in [0.5, 0.6) is 0 Å². The Labute approximate surface area is 171 Å². The van der Waals surface area contributed by atoms with Crippen LogP contribution in [-0.4, -0.2) is 41.6 Å². The third kappa shape index (κ3) is 4.48. The minimum atomic E-state index is -0.415. The number of hydrogen-bond donors (Lipinski definition) is 2. The Morgan fingerprint density at radius 1 is 1.37 bits per heavy atom. The SMILES string of the molecule is O=C(CC1Sc2ccc(Cl)cc2NC1=O)NCCN1CCc2sccc2C1. The summed E-state index contributed by atoms with van der Waals surface area (Å²) in [6.07, 6.45) is 1.26. The summed E-state index contributed by atoms with van der Waals surface area (Å²) in [5.41, 5.74) is 2.12. The van der Waals surface area contributed by atoms with Gasteiger partial charge in [-0.3, -0.25) is 14.5 Å². The number of hydrogen-bond acceptors (Lipinski definition) is 5. The highest BCUT2D eigenvalue weighted by atomic mass is 35.5. The molecule has 0 radical (unpaired) electrons. The highest BCUT2D eigenvalue weighted by Gasteiger charge is 2.29. The Bertz CT molecular complexity index is 870. The quantitative estimate of drug-likeness (QED) is 0.776. The van der Waals surface area contributed by atoms with Crippen molar-refractivity contribution in [2.45, 2.75) is 29.5 Å². The second-order valence-electron chi connectivity index (χ2n) is 6.69. The van der Waals surface area contributed by atoms with Gasteiger partial charge in [-0.05, 0) is 41.6 Å². The van der Waals surface area contributed by atoms with Crippen molar-refractivity contribution in [1.82, 2.24) is 10.2 Å². The van der Waals surface area contributed by atoms with Crippen LogP contribution in [0.25, 0.3) is 0 Å². The van der Waals surface area contributed by atoms with E-state index in [4.69, 9.17) is 11.6 Å². The molecule has 0 spiro atoms. The number of thiophene rings is 1. The molecular formula is C19H20ClN3O2S2. The summed E-state index contributed by atoms with van der Waals surface area (Å²) >= 11 is 9.20. The molecule has 0 saturated carbocycles. The first-order chi connectivity index (χ1) is 13.1. The lowest BCUT2D eigenvalue weighted by Gasteiger charge is -2.27. The van der Waals surface area contributed by atoms with Gasteiger partial charge in [0.1, 0.15) is 0 Å². The molecule has 0 saturated heterocycles. The van der Waals surface area contributed by atoms with Crippen LogP contribution in [0.2, 0.25) is 5.02 Å². The first-order valence-corrected chi connectivity index (χ1v) is 11.0. The molecule has 0 bridgehead atoms. The number of halogens is 1. The summed E-state index contributed by atoms with van der Waals surface area (Å²) in [5.74, 6) is -0.237. The first-order valence-electron chi connectivity index (χ1n) is 8.90. The average molecular weight is 422 g/mol. The summed E-state index contributed by atoms with van der Waals surface area (Å²) in [5, 5.41) is 8.11. The van der Waals surface area contributed by atoms with Crippen LogP contribution in [0.3, 0.4) is 0 Å². The van der Waals surface area contributed by atoms with Crippen LogP contribution in [-0.2, 0) is 22.6 Å². The fourth-order valence-corrected chi connectivity index (χ4v) is 5.50. The van der Waals surface area contributed by atoms with E-state index in [2.05, 4.69) is 27.0 Å². The molecule has 2 amide bonds. The highest BCUT2D eigenvalue weighted by molar-refractivity contribution is 8.01. The molecule has 1 aromatic carbocycles. The molecule has 4 rings (SSSR count). The maximum absolute atomic E-state index is 12.3. The van der Waals surface area contributed by atoms with E-state index in [1.165, 1.54) is 22.2 Å². The molecule has 2 aliphatic rings. The molecular weight excluding hydrogens is 402 g/mol. The number of fused-ring (bicyclic) bond motifs is 2. The Kier molecular flexibility index (Phi) is 5.73. The lowest BCUT2D eigenvalue weighted by molar-refractivity contribution is -0.124. The molecule has 1 aromatic heterocycles. The van der Waals surface area contributed by atoms with Crippen LogP contribution >= 0.6 is 34.7 Å². The number of thioether (sulfide) groups is 1. The van der Waals surface area contributed by atoms with Crippen molar-refractivity contribution in [3.8, 4) is 0 Å². The first kappa shape index (κ1) is 18.8. The van der Waals surface area contributed by atoms with E-state index >= 15 is 0 Å². The van der Waals surface area contributed by atoms with E-state index in [0.717, 1.165) is 31.0 Å². The molecule has 142 valence electrons. The van der Waals surface area contributed by atoms with Gasteiger partial charge in [-0.15, -0.1) is 23.1 Å². The molecule has 5 nitrogen and oxygen atoms in total. The molecule has 2 N–H and O–H groups in total. The van der Waals surface area contributed by atoms with Crippen LogP contribution in [0.15, 0.2) is 34.5 Å². The smallest absolute Gasteiger partial charge is 0.238 e.